The second-order valence-electron chi connectivity index (χ2n) is 4.70. The van der Waals surface area contributed by atoms with E-state index in [0.29, 0.717) is 22.3 Å². The zero-order valence-corrected chi connectivity index (χ0v) is 13.2. The molecule has 0 aliphatic carbocycles. The number of ether oxygens (including phenoxy) is 1. The zero-order chi connectivity index (χ0) is 15.0. The molecule has 0 saturated carbocycles. The highest BCUT2D eigenvalue weighted by Crippen LogP contribution is 2.30. The Kier molecular flexibility index (Phi) is 3.79. The third kappa shape index (κ3) is 2.59. The second-order valence-corrected chi connectivity index (χ2v) is 5.55. The van der Waals surface area contributed by atoms with Gasteiger partial charge in [-0.3, -0.25) is 0 Å². The predicted octanol–water partition coefficient (Wildman–Crippen LogP) is 5.02. The minimum atomic E-state index is 0.544. The molecule has 0 aliphatic heterocycles. The van der Waals surface area contributed by atoms with Crippen molar-refractivity contribution in [2.24, 2.45) is 0 Å². The number of halogens is 2. The molecule has 0 aliphatic rings. The Morgan fingerprint density at radius 1 is 1.19 bits per heavy atom. The smallest absolute Gasteiger partial charge is 0.156 e. The van der Waals surface area contributed by atoms with Crippen LogP contribution in [0, 0.1) is 6.92 Å². The molecule has 0 N–H and O–H groups in total. The molecule has 0 spiro atoms. The fourth-order valence-corrected chi connectivity index (χ4v) is 2.85. The summed E-state index contributed by atoms with van der Waals surface area (Å²) >= 11 is 12.3. The summed E-state index contributed by atoms with van der Waals surface area (Å²) in [6.07, 6.45) is 1.82. The molecule has 2 heterocycles. The molecular weight excluding hydrogens is 307 g/mol. The molecule has 0 atom stereocenters. The van der Waals surface area contributed by atoms with Gasteiger partial charge < -0.3 is 9.14 Å². The number of hydrogen-bond donors (Lipinski definition) is 0. The summed E-state index contributed by atoms with van der Waals surface area (Å²) in [4.78, 5) is 4.63. The number of aryl methyl sites for hydroxylation is 1. The summed E-state index contributed by atoms with van der Waals surface area (Å²) in [5.74, 6) is 0.851. The first kappa shape index (κ1) is 14.2. The van der Waals surface area contributed by atoms with Crippen molar-refractivity contribution in [3.05, 3.63) is 52.3 Å². The molecule has 0 bridgehead atoms. The molecule has 21 heavy (non-hydrogen) atoms. The SMILES string of the molecule is CCOc1ccc(-c2nc3c(Cl)cc(Cl)cn3c2C)cc1. The molecule has 3 aromatic rings. The third-order valence-electron chi connectivity index (χ3n) is 3.32. The molecule has 2 aromatic heterocycles. The van der Waals surface area contributed by atoms with E-state index in [2.05, 4.69) is 4.98 Å². The molecule has 5 heteroatoms. The lowest BCUT2D eigenvalue weighted by Gasteiger charge is -2.04. The average molecular weight is 321 g/mol. The summed E-state index contributed by atoms with van der Waals surface area (Å²) in [6, 6.07) is 9.57. The van der Waals surface area contributed by atoms with Crippen LogP contribution < -0.4 is 4.74 Å². The summed E-state index contributed by atoms with van der Waals surface area (Å²) in [7, 11) is 0. The fraction of sp³-hybridized carbons (Fsp3) is 0.188. The maximum absolute atomic E-state index is 6.21. The van der Waals surface area contributed by atoms with E-state index in [1.54, 1.807) is 6.07 Å². The van der Waals surface area contributed by atoms with Gasteiger partial charge in [0.2, 0.25) is 0 Å². The average Bonchev–Trinajstić information content (AvgIpc) is 2.78. The second kappa shape index (κ2) is 5.58. The van der Waals surface area contributed by atoms with Crippen molar-refractivity contribution in [2.45, 2.75) is 13.8 Å². The van der Waals surface area contributed by atoms with Gasteiger partial charge in [0.1, 0.15) is 5.75 Å². The number of nitrogens with zero attached hydrogens (tertiary/aromatic N) is 2. The van der Waals surface area contributed by atoms with E-state index in [1.807, 2.05) is 48.7 Å². The van der Waals surface area contributed by atoms with Gasteiger partial charge in [-0.15, -0.1) is 0 Å². The van der Waals surface area contributed by atoms with Crippen LogP contribution in [0.2, 0.25) is 10.0 Å². The summed E-state index contributed by atoms with van der Waals surface area (Å²) in [5.41, 5.74) is 3.62. The first-order valence-corrected chi connectivity index (χ1v) is 7.42. The fourth-order valence-electron chi connectivity index (χ4n) is 2.34. The van der Waals surface area contributed by atoms with E-state index in [9.17, 15) is 0 Å². The Bertz CT molecular complexity index is 794. The number of hydrogen-bond acceptors (Lipinski definition) is 2. The Labute approximate surface area is 133 Å². The van der Waals surface area contributed by atoms with Crippen LogP contribution in [0.25, 0.3) is 16.9 Å². The number of aromatic nitrogens is 2. The highest BCUT2D eigenvalue weighted by atomic mass is 35.5. The van der Waals surface area contributed by atoms with Gasteiger partial charge in [0.05, 0.1) is 22.3 Å². The molecule has 1 aromatic carbocycles. The first-order chi connectivity index (χ1) is 10.1. The molecule has 3 nitrogen and oxygen atoms in total. The van der Waals surface area contributed by atoms with E-state index < -0.39 is 0 Å². The van der Waals surface area contributed by atoms with Gasteiger partial charge in [0.25, 0.3) is 0 Å². The number of pyridine rings is 1. The van der Waals surface area contributed by atoms with Crippen LogP contribution in [-0.4, -0.2) is 16.0 Å². The van der Waals surface area contributed by atoms with Crippen molar-refractivity contribution < 1.29 is 4.74 Å². The van der Waals surface area contributed by atoms with Crippen molar-refractivity contribution in [3.8, 4) is 17.0 Å². The molecule has 0 radical (unpaired) electrons. The van der Waals surface area contributed by atoms with Gasteiger partial charge in [-0.25, -0.2) is 4.98 Å². The maximum Gasteiger partial charge on any atom is 0.156 e. The van der Waals surface area contributed by atoms with Crippen molar-refractivity contribution in [1.82, 2.24) is 9.38 Å². The monoisotopic (exact) mass is 320 g/mol. The van der Waals surface area contributed by atoms with Crippen molar-refractivity contribution in [3.63, 3.8) is 0 Å². The molecule has 0 unspecified atom stereocenters. The summed E-state index contributed by atoms with van der Waals surface area (Å²) in [5, 5.41) is 1.13. The van der Waals surface area contributed by atoms with Crippen LogP contribution in [-0.2, 0) is 0 Å². The topological polar surface area (TPSA) is 26.5 Å². The molecule has 0 fully saturated rings. The lowest BCUT2D eigenvalue weighted by molar-refractivity contribution is 0.340. The first-order valence-electron chi connectivity index (χ1n) is 6.67. The Balaban J connectivity index is 2.12. The van der Waals surface area contributed by atoms with Crippen LogP contribution >= 0.6 is 23.2 Å². The highest BCUT2D eigenvalue weighted by molar-refractivity contribution is 6.36. The van der Waals surface area contributed by atoms with Crippen LogP contribution in [0.15, 0.2) is 36.5 Å². The largest absolute Gasteiger partial charge is 0.494 e. The summed E-state index contributed by atoms with van der Waals surface area (Å²) in [6.45, 7) is 4.62. The molecule has 3 rings (SSSR count). The van der Waals surface area contributed by atoms with Crippen LogP contribution in [0.5, 0.6) is 5.75 Å². The van der Waals surface area contributed by atoms with Gasteiger partial charge >= 0.3 is 0 Å². The molecule has 0 saturated heterocycles. The zero-order valence-electron chi connectivity index (χ0n) is 11.7. The van der Waals surface area contributed by atoms with Crippen LogP contribution in [0.3, 0.4) is 0 Å². The minimum Gasteiger partial charge on any atom is -0.494 e. The van der Waals surface area contributed by atoms with Crippen LogP contribution in [0.4, 0.5) is 0 Å². The highest BCUT2D eigenvalue weighted by Gasteiger charge is 2.13. The van der Waals surface area contributed by atoms with E-state index in [4.69, 9.17) is 27.9 Å². The lowest BCUT2D eigenvalue weighted by Crippen LogP contribution is -1.91. The Hall–Kier alpha value is -1.71. The van der Waals surface area contributed by atoms with E-state index in [-0.39, 0.29) is 0 Å². The van der Waals surface area contributed by atoms with Crippen LogP contribution in [0.1, 0.15) is 12.6 Å². The van der Waals surface area contributed by atoms with Crippen molar-refractivity contribution in [2.75, 3.05) is 6.61 Å². The standard InChI is InChI=1S/C16H14Cl2N2O/c1-3-21-13-6-4-11(5-7-13)15-10(2)20-9-12(17)8-14(18)16(20)19-15/h4-9H,3H2,1-2H3. The number of benzene rings is 1. The third-order valence-corrected chi connectivity index (χ3v) is 3.80. The van der Waals surface area contributed by atoms with Gasteiger partial charge in [-0.2, -0.15) is 0 Å². The Morgan fingerprint density at radius 2 is 1.90 bits per heavy atom. The molecule has 108 valence electrons. The van der Waals surface area contributed by atoms with E-state index in [0.717, 1.165) is 22.7 Å². The van der Waals surface area contributed by atoms with Gasteiger partial charge in [-0.05, 0) is 44.2 Å². The molecular formula is C16H14Cl2N2O. The predicted molar refractivity (Wildman–Crippen MR) is 86.6 cm³/mol. The normalized spacial score (nSPS) is 11.0. The van der Waals surface area contributed by atoms with Gasteiger partial charge in [0.15, 0.2) is 5.65 Å². The summed E-state index contributed by atoms with van der Waals surface area (Å²) < 4.78 is 7.37. The Morgan fingerprint density at radius 3 is 2.57 bits per heavy atom. The number of rotatable bonds is 3. The minimum absolute atomic E-state index is 0.544. The van der Waals surface area contributed by atoms with E-state index in [1.165, 1.54) is 0 Å². The van der Waals surface area contributed by atoms with Crippen molar-refractivity contribution in [1.29, 1.82) is 0 Å². The van der Waals surface area contributed by atoms with Gasteiger partial charge in [0, 0.05) is 17.5 Å². The van der Waals surface area contributed by atoms with Gasteiger partial charge in [-0.1, -0.05) is 23.2 Å². The lowest BCUT2D eigenvalue weighted by atomic mass is 10.1. The molecule has 0 amide bonds. The quantitative estimate of drug-likeness (QED) is 0.677. The maximum atomic E-state index is 6.21. The van der Waals surface area contributed by atoms with Crippen molar-refractivity contribution >= 4 is 28.8 Å². The van der Waals surface area contributed by atoms with E-state index >= 15 is 0 Å². The number of fused-ring (bicyclic) bond motifs is 1. The number of imidazole rings is 1.